The minimum absolute atomic E-state index is 0.0873. The largest absolute Gasteiger partial charge is 0.458 e. The molecule has 0 saturated heterocycles. The lowest BCUT2D eigenvalue weighted by molar-refractivity contribution is -0.116. The molecule has 0 heterocycles. The van der Waals surface area contributed by atoms with E-state index in [0.29, 0.717) is 18.1 Å². The Hall–Kier alpha value is -2.01. The van der Waals surface area contributed by atoms with Gasteiger partial charge in [-0.15, -0.1) is 0 Å². The molecule has 20 heavy (non-hydrogen) atoms. The summed E-state index contributed by atoms with van der Waals surface area (Å²) in [6, 6.07) is 8.45. The van der Waals surface area contributed by atoms with Crippen molar-refractivity contribution in [2.24, 2.45) is 11.8 Å². The first kappa shape index (κ1) is 14.4. The summed E-state index contributed by atoms with van der Waals surface area (Å²) in [4.78, 5) is 33.7. The number of benzene rings is 1. The number of aldehydes is 2. The Morgan fingerprint density at radius 1 is 1.30 bits per heavy atom. The molecule has 1 fully saturated rings. The second-order valence-corrected chi connectivity index (χ2v) is 4.89. The van der Waals surface area contributed by atoms with Crippen LogP contribution >= 0.6 is 0 Å². The van der Waals surface area contributed by atoms with Crippen molar-refractivity contribution in [1.29, 1.82) is 0 Å². The predicted octanol–water partition coefficient (Wildman–Crippen LogP) is 0.997. The number of esters is 1. The fourth-order valence-electron chi connectivity index (χ4n) is 2.62. The fourth-order valence-corrected chi connectivity index (χ4v) is 2.62. The molecule has 2 rings (SSSR count). The second-order valence-electron chi connectivity index (χ2n) is 4.89. The van der Waals surface area contributed by atoms with Crippen LogP contribution in [0.5, 0.6) is 0 Å². The second kappa shape index (κ2) is 6.43. The topological polar surface area (TPSA) is 80.7 Å². The number of hydrogen-bond donors (Lipinski definition) is 1. The van der Waals surface area contributed by atoms with Gasteiger partial charge in [-0.2, -0.15) is 0 Å². The summed E-state index contributed by atoms with van der Waals surface area (Å²) < 4.78 is 5.30. The molecule has 0 spiro atoms. The Labute approximate surface area is 116 Å². The third-order valence-electron chi connectivity index (χ3n) is 3.69. The maximum Gasteiger partial charge on any atom is 0.338 e. The Morgan fingerprint density at radius 3 is 2.60 bits per heavy atom. The van der Waals surface area contributed by atoms with Gasteiger partial charge in [-0.3, -0.25) is 0 Å². The highest BCUT2D eigenvalue weighted by atomic mass is 16.5. The van der Waals surface area contributed by atoms with Gasteiger partial charge in [0.1, 0.15) is 18.7 Å². The molecule has 4 atom stereocenters. The van der Waals surface area contributed by atoms with Crippen molar-refractivity contribution in [3.8, 4) is 0 Å². The SMILES string of the molecule is O=CC[C@@H]1[C@@H](C=O)[C@H](OC(=O)c2ccccc2)C[C@@H]1O. The summed E-state index contributed by atoms with van der Waals surface area (Å²) in [5.74, 6) is -1.64. The molecule has 0 radical (unpaired) electrons. The van der Waals surface area contributed by atoms with Crippen molar-refractivity contribution >= 4 is 18.5 Å². The van der Waals surface area contributed by atoms with Crippen LogP contribution in [0.1, 0.15) is 23.2 Å². The number of rotatable bonds is 5. The molecule has 1 N–H and O–H groups in total. The number of aliphatic hydroxyl groups is 1. The Bertz CT molecular complexity index is 484. The van der Waals surface area contributed by atoms with Gasteiger partial charge in [0.2, 0.25) is 0 Å². The highest BCUT2D eigenvalue weighted by molar-refractivity contribution is 5.89. The molecule has 1 aromatic carbocycles. The molecule has 1 aliphatic carbocycles. The zero-order valence-corrected chi connectivity index (χ0v) is 10.8. The van der Waals surface area contributed by atoms with Gasteiger partial charge in [-0.1, -0.05) is 18.2 Å². The van der Waals surface area contributed by atoms with E-state index in [4.69, 9.17) is 4.74 Å². The Balaban J connectivity index is 2.07. The molecule has 5 nitrogen and oxygen atoms in total. The van der Waals surface area contributed by atoms with Gasteiger partial charge >= 0.3 is 5.97 Å². The van der Waals surface area contributed by atoms with Crippen molar-refractivity contribution < 1.29 is 24.2 Å². The predicted molar refractivity (Wildman–Crippen MR) is 70.0 cm³/mol. The van der Waals surface area contributed by atoms with Crippen molar-refractivity contribution in [1.82, 2.24) is 0 Å². The lowest BCUT2D eigenvalue weighted by Gasteiger charge is -2.18. The summed E-state index contributed by atoms with van der Waals surface area (Å²) >= 11 is 0. The van der Waals surface area contributed by atoms with E-state index in [-0.39, 0.29) is 12.8 Å². The van der Waals surface area contributed by atoms with Crippen LogP contribution in [0.2, 0.25) is 0 Å². The number of aliphatic hydroxyl groups excluding tert-OH is 1. The van der Waals surface area contributed by atoms with Crippen LogP contribution in [0, 0.1) is 11.8 Å². The van der Waals surface area contributed by atoms with Gasteiger partial charge < -0.3 is 19.4 Å². The van der Waals surface area contributed by atoms with E-state index in [1.165, 1.54) is 0 Å². The van der Waals surface area contributed by atoms with Crippen LogP contribution < -0.4 is 0 Å². The van der Waals surface area contributed by atoms with Gasteiger partial charge in [-0.05, 0) is 12.1 Å². The van der Waals surface area contributed by atoms with Crippen LogP contribution in [-0.2, 0) is 14.3 Å². The highest BCUT2D eigenvalue weighted by Gasteiger charge is 2.44. The quantitative estimate of drug-likeness (QED) is 0.641. The lowest BCUT2D eigenvalue weighted by Crippen LogP contribution is -2.27. The first-order valence-corrected chi connectivity index (χ1v) is 6.50. The standard InChI is InChI=1S/C15H16O5/c16-7-6-11-12(9-17)14(8-13(11)18)20-15(19)10-4-2-1-3-5-10/h1-5,7,9,11-14,18H,6,8H2/t11-,12-,13+,14-/m1/s1. The summed E-state index contributed by atoms with van der Waals surface area (Å²) in [6.07, 6.45) is 0.118. The van der Waals surface area contributed by atoms with Gasteiger partial charge in [0, 0.05) is 18.8 Å². The van der Waals surface area contributed by atoms with E-state index in [1.54, 1.807) is 30.3 Å². The molecule has 1 saturated carbocycles. The van der Waals surface area contributed by atoms with Gasteiger partial charge in [0.25, 0.3) is 0 Å². The number of carbonyl (C=O) groups excluding carboxylic acids is 3. The number of hydrogen-bond acceptors (Lipinski definition) is 5. The molecule has 106 valence electrons. The molecule has 0 aromatic heterocycles. The molecule has 0 amide bonds. The minimum Gasteiger partial charge on any atom is -0.458 e. The highest BCUT2D eigenvalue weighted by Crippen LogP contribution is 2.35. The summed E-state index contributed by atoms with van der Waals surface area (Å²) in [5.41, 5.74) is 0.394. The zero-order valence-electron chi connectivity index (χ0n) is 10.8. The number of carbonyl (C=O) groups is 3. The lowest BCUT2D eigenvalue weighted by atomic mass is 9.92. The van der Waals surface area contributed by atoms with Crippen LogP contribution in [0.4, 0.5) is 0 Å². The molecule has 5 heteroatoms. The van der Waals surface area contributed by atoms with Crippen LogP contribution in [0.3, 0.4) is 0 Å². The van der Waals surface area contributed by atoms with Crippen LogP contribution in [0.25, 0.3) is 0 Å². The minimum atomic E-state index is -0.802. The van der Waals surface area contributed by atoms with Gasteiger partial charge in [0.15, 0.2) is 0 Å². The summed E-state index contributed by atoms with van der Waals surface area (Å²) in [6.45, 7) is 0. The summed E-state index contributed by atoms with van der Waals surface area (Å²) in [5, 5.41) is 9.87. The van der Waals surface area contributed by atoms with E-state index in [1.807, 2.05) is 0 Å². The molecule has 0 aliphatic heterocycles. The Morgan fingerprint density at radius 2 is 2.00 bits per heavy atom. The smallest absolute Gasteiger partial charge is 0.338 e. The Kier molecular flexibility index (Phi) is 4.63. The van der Waals surface area contributed by atoms with E-state index in [9.17, 15) is 19.5 Å². The maximum atomic E-state index is 11.9. The normalized spacial score (nSPS) is 28.9. The first-order valence-electron chi connectivity index (χ1n) is 6.50. The van der Waals surface area contributed by atoms with E-state index < -0.39 is 30.0 Å². The maximum absolute atomic E-state index is 11.9. The molecule has 0 bridgehead atoms. The molecule has 0 unspecified atom stereocenters. The van der Waals surface area contributed by atoms with Gasteiger partial charge in [0.05, 0.1) is 17.6 Å². The van der Waals surface area contributed by atoms with Gasteiger partial charge in [-0.25, -0.2) is 4.79 Å². The monoisotopic (exact) mass is 276 g/mol. The fraction of sp³-hybridized carbons (Fsp3) is 0.400. The van der Waals surface area contributed by atoms with Crippen molar-refractivity contribution in [2.45, 2.75) is 25.0 Å². The molecular weight excluding hydrogens is 260 g/mol. The number of ether oxygens (including phenoxy) is 1. The molecule has 1 aliphatic rings. The first-order chi connectivity index (χ1) is 9.67. The molecular formula is C15H16O5. The zero-order chi connectivity index (χ0) is 14.5. The van der Waals surface area contributed by atoms with Crippen LogP contribution in [0.15, 0.2) is 30.3 Å². The third kappa shape index (κ3) is 2.93. The summed E-state index contributed by atoms with van der Waals surface area (Å²) in [7, 11) is 0. The average Bonchev–Trinajstić information content (AvgIpc) is 2.76. The van der Waals surface area contributed by atoms with E-state index in [0.717, 1.165) is 0 Å². The van der Waals surface area contributed by atoms with Crippen LogP contribution in [-0.4, -0.2) is 35.9 Å². The molecule has 1 aromatic rings. The third-order valence-corrected chi connectivity index (χ3v) is 3.69. The van der Waals surface area contributed by atoms with Crippen molar-refractivity contribution in [3.63, 3.8) is 0 Å². The van der Waals surface area contributed by atoms with E-state index >= 15 is 0 Å². The van der Waals surface area contributed by atoms with Crippen molar-refractivity contribution in [3.05, 3.63) is 35.9 Å². The average molecular weight is 276 g/mol. The van der Waals surface area contributed by atoms with E-state index in [2.05, 4.69) is 0 Å². The van der Waals surface area contributed by atoms with Crippen molar-refractivity contribution in [2.75, 3.05) is 0 Å².